The lowest BCUT2D eigenvalue weighted by atomic mass is 10.1. The van der Waals surface area contributed by atoms with Crippen molar-refractivity contribution in [1.29, 1.82) is 0 Å². The lowest BCUT2D eigenvalue weighted by molar-refractivity contribution is -0.115. The van der Waals surface area contributed by atoms with E-state index in [0.717, 1.165) is 18.4 Å². The summed E-state index contributed by atoms with van der Waals surface area (Å²) in [4.78, 5) is 13.3. The third kappa shape index (κ3) is 4.66. The van der Waals surface area contributed by atoms with Crippen LogP contribution in [0.5, 0.6) is 0 Å². The predicted molar refractivity (Wildman–Crippen MR) is 124 cm³/mol. The van der Waals surface area contributed by atoms with Crippen LogP contribution in [0, 0.1) is 11.6 Å². The number of hydrogen-bond acceptors (Lipinski definition) is 4. The van der Waals surface area contributed by atoms with Crippen LogP contribution in [0.25, 0.3) is 11.4 Å². The number of nitrogens with one attached hydrogen (secondary N) is 1. The average molecular weight is 463 g/mol. The van der Waals surface area contributed by atoms with Gasteiger partial charge in [0.15, 0.2) is 11.0 Å². The molecule has 1 amide bonds. The molecule has 0 aliphatic heterocycles. The predicted octanol–water partition coefficient (Wildman–Crippen LogP) is 6.03. The van der Waals surface area contributed by atoms with Gasteiger partial charge in [0.2, 0.25) is 5.91 Å². The third-order valence-corrected chi connectivity index (χ3v) is 6.58. The summed E-state index contributed by atoms with van der Waals surface area (Å²) in [7, 11) is 0. The summed E-state index contributed by atoms with van der Waals surface area (Å²) in [5.41, 5.74) is 1.68. The molecule has 1 atom stereocenters. The number of benzene rings is 3. The number of rotatable bonds is 7. The van der Waals surface area contributed by atoms with E-state index in [9.17, 15) is 13.6 Å². The minimum absolute atomic E-state index is 0.175. The van der Waals surface area contributed by atoms with Crippen LogP contribution >= 0.6 is 11.8 Å². The summed E-state index contributed by atoms with van der Waals surface area (Å²) in [6.45, 7) is 0. The Kier molecular flexibility index (Phi) is 5.92. The van der Waals surface area contributed by atoms with Gasteiger partial charge in [-0.25, -0.2) is 8.78 Å². The van der Waals surface area contributed by atoms with Crippen molar-refractivity contribution in [3.8, 4) is 11.4 Å². The van der Waals surface area contributed by atoms with E-state index in [2.05, 4.69) is 15.5 Å². The van der Waals surface area contributed by atoms with Crippen molar-refractivity contribution in [1.82, 2.24) is 14.8 Å². The number of amides is 1. The van der Waals surface area contributed by atoms with Crippen molar-refractivity contribution in [2.75, 3.05) is 5.32 Å². The van der Waals surface area contributed by atoms with E-state index in [4.69, 9.17) is 0 Å². The molecular weight excluding hydrogens is 442 g/mol. The summed E-state index contributed by atoms with van der Waals surface area (Å²) in [5.74, 6) is -0.545. The average Bonchev–Trinajstić information content (AvgIpc) is 3.59. The molecule has 1 fully saturated rings. The fourth-order valence-corrected chi connectivity index (χ4v) is 4.70. The van der Waals surface area contributed by atoms with Crippen molar-refractivity contribution in [3.63, 3.8) is 0 Å². The minimum Gasteiger partial charge on any atom is -0.325 e. The van der Waals surface area contributed by atoms with Crippen LogP contribution in [0.15, 0.2) is 84.0 Å². The van der Waals surface area contributed by atoms with Crippen LogP contribution in [0.4, 0.5) is 14.5 Å². The molecule has 1 aliphatic rings. The summed E-state index contributed by atoms with van der Waals surface area (Å²) in [5, 5.41) is 11.4. The fraction of sp³-hybridized carbons (Fsp3) is 0.160. The molecule has 0 saturated heterocycles. The number of aromatic nitrogens is 3. The third-order valence-electron chi connectivity index (χ3n) is 5.37. The van der Waals surface area contributed by atoms with Gasteiger partial charge in [-0.3, -0.25) is 9.36 Å². The van der Waals surface area contributed by atoms with E-state index in [1.165, 1.54) is 42.1 Å². The quantitative estimate of drug-likeness (QED) is 0.341. The van der Waals surface area contributed by atoms with Gasteiger partial charge in [0, 0.05) is 11.7 Å². The Balaban J connectivity index is 1.49. The van der Waals surface area contributed by atoms with Gasteiger partial charge in [-0.2, -0.15) is 0 Å². The maximum atomic E-state index is 14.5. The topological polar surface area (TPSA) is 59.8 Å². The number of halogens is 2. The lowest BCUT2D eigenvalue weighted by Crippen LogP contribution is -2.19. The highest BCUT2D eigenvalue weighted by Crippen LogP contribution is 2.44. The standard InChI is InChI=1S/C25H20F2N4OS/c26-17-10-12-18(13-11-17)28-24(32)22(16-6-2-1-3-7-16)33-25-30-29-23(31(25)19-14-15-19)20-8-4-5-9-21(20)27/h1-13,19,22H,14-15H2,(H,28,32)/t22-/m0/s1. The smallest absolute Gasteiger partial charge is 0.242 e. The van der Waals surface area contributed by atoms with Crippen LogP contribution in [0.3, 0.4) is 0 Å². The molecule has 4 aromatic rings. The Hall–Kier alpha value is -3.52. The number of carbonyl (C=O) groups is 1. The number of nitrogens with zero attached hydrogens (tertiary/aromatic N) is 3. The van der Waals surface area contributed by atoms with Gasteiger partial charge in [0.1, 0.15) is 16.9 Å². The molecule has 0 bridgehead atoms. The molecule has 166 valence electrons. The van der Waals surface area contributed by atoms with Crippen LogP contribution in [-0.2, 0) is 4.79 Å². The zero-order valence-electron chi connectivity index (χ0n) is 17.5. The fourth-order valence-electron chi connectivity index (χ4n) is 3.59. The van der Waals surface area contributed by atoms with E-state index in [0.29, 0.717) is 22.2 Å². The van der Waals surface area contributed by atoms with Crippen LogP contribution in [0.2, 0.25) is 0 Å². The monoisotopic (exact) mass is 462 g/mol. The van der Waals surface area contributed by atoms with Gasteiger partial charge in [0.05, 0.1) is 5.56 Å². The van der Waals surface area contributed by atoms with Crippen molar-refractivity contribution in [2.24, 2.45) is 0 Å². The Morgan fingerprint density at radius 3 is 2.33 bits per heavy atom. The molecule has 0 radical (unpaired) electrons. The first kappa shape index (κ1) is 21.3. The molecular formula is C25H20F2N4OS. The van der Waals surface area contributed by atoms with Gasteiger partial charge in [0.25, 0.3) is 0 Å². The summed E-state index contributed by atoms with van der Waals surface area (Å²) in [6.07, 6.45) is 1.90. The molecule has 5 nitrogen and oxygen atoms in total. The van der Waals surface area contributed by atoms with Gasteiger partial charge in [-0.05, 0) is 54.8 Å². The van der Waals surface area contributed by atoms with Crippen molar-refractivity contribution >= 4 is 23.4 Å². The normalized spacial score (nSPS) is 14.1. The Morgan fingerprint density at radius 1 is 0.939 bits per heavy atom. The highest BCUT2D eigenvalue weighted by molar-refractivity contribution is 8.00. The molecule has 3 aromatic carbocycles. The lowest BCUT2D eigenvalue weighted by Gasteiger charge is -2.17. The first-order valence-corrected chi connectivity index (χ1v) is 11.5. The number of anilines is 1. The molecule has 1 heterocycles. The zero-order valence-corrected chi connectivity index (χ0v) is 18.3. The maximum absolute atomic E-state index is 14.5. The molecule has 0 spiro atoms. The first-order chi connectivity index (χ1) is 16.1. The maximum Gasteiger partial charge on any atom is 0.242 e. The first-order valence-electron chi connectivity index (χ1n) is 10.6. The van der Waals surface area contributed by atoms with E-state index in [1.54, 1.807) is 18.2 Å². The summed E-state index contributed by atoms with van der Waals surface area (Å²) >= 11 is 1.27. The Labute approximate surface area is 193 Å². The number of carbonyl (C=O) groups excluding carboxylic acids is 1. The van der Waals surface area contributed by atoms with Crippen LogP contribution < -0.4 is 5.32 Å². The molecule has 0 unspecified atom stereocenters. The van der Waals surface area contributed by atoms with Crippen molar-refractivity contribution < 1.29 is 13.6 Å². The molecule has 8 heteroatoms. The summed E-state index contributed by atoms with van der Waals surface area (Å²) < 4.78 is 29.7. The number of hydrogen-bond donors (Lipinski definition) is 1. The molecule has 33 heavy (non-hydrogen) atoms. The van der Waals surface area contributed by atoms with Crippen LogP contribution in [0.1, 0.15) is 29.7 Å². The Bertz CT molecular complexity index is 1270. The van der Waals surface area contributed by atoms with E-state index in [-0.39, 0.29) is 23.6 Å². The molecule has 5 rings (SSSR count). The Morgan fingerprint density at radius 2 is 1.64 bits per heavy atom. The van der Waals surface area contributed by atoms with Gasteiger partial charge >= 0.3 is 0 Å². The molecule has 1 aliphatic carbocycles. The SMILES string of the molecule is O=C(Nc1ccc(F)cc1)[C@@H](Sc1nnc(-c2ccccc2F)n1C1CC1)c1ccccc1. The number of thioether (sulfide) groups is 1. The highest BCUT2D eigenvalue weighted by atomic mass is 32.2. The molecule has 1 N–H and O–H groups in total. The summed E-state index contributed by atoms with van der Waals surface area (Å²) in [6, 6.07) is 21.6. The minimum atomic E-state index is -0.633. The van der Waals surface area contributed by atoms with Crippen molar-refractivity contribution in [3.05, 3.63) is 96.1 Å². The van der Waals surface area contributed by atoms with Gasteiger partial charge in [-0.1, -0.05) is 54.2 Å². The zero-order chi connectivity index (χ0) is 22.8. The van der Waals surface area contributed by atoms with Crippen molar-refractivity contribution in [2.45, 2.75) is 29.3 Å². The molecule has 1 saturated carbocycles. The molecule has 1 aromatic heterocycles. The largest absolute Gasteiger partial charge is 0.325 e. The van der Waals surface area contributed by atoms with Gasteiger partial charge < -0.3 is 5.32 Å². The van der Waals surface area contributed by atoms with Gasteiger partial charge in [-0.15, -0.1) is 10.2 Å². The van der Waals surface area contributed by atoms with E-state index >= 15 is 0 Å². The van der Waals surface area contributed by atoms with E-state index in [1.807, 2.05) is 34.9 Å². The van der Waals surface area contributed by atoms with E-state index < -0.39 is 5.25 Å². The highest BCUT2D eigenvalue weighted by Gasteiger charge is 2.33. The second-order valence-corrected chi connectivity index (χ2v) is 8.86. The second-order valence-electron chi connectivity index (χ2n) is 7.79. The second kappa shape index (κ2) is 9.15. The van der Waals surface area contributed by atoms with Crippen LogP contribution in [-0.4, -0.2) is 20.7 Å².